The number of allylic oxidation sites excluding steroid dienone is 1. The van der Waals surface area contributed by atoms with Crippen molar-refractivity contribution in [2.45, 2.75) is 31.7 Å². The molecule has 3 aliphatic heterocycles. The van der Waals surface area contributed by atoms with Crippen LogP contribution < -0.4 is 31.4 Å². The molecule has 174 valence electrons. The Labute approximate surface area is 194 Å². The van der Waals surface area contributed by atoms with Gasteiger partial charge in [-0.1, -0.05) is 6.08 Å². The number of rotatable bonds is 1. The van der Waals surface area contributed by atoms with Crippen LogP contribution in [-0.2, 0) is 24.3 Å². The van der Waals surface area contributed by atoms with Crippen molar-refractivity contribution in [2.75, 3.05) is 12.0 Å². The van der Waals surface area contributed by atoms with Gasteiger partial charge in [-0.15, -0.1) is 0 Å². The third-order valence-electron chi connectivity index (χ3n) is 6.97. The summed E-state index contributed by atoms with van der Waals surface area (Å²) in [4.78, 5) is 42.4. The summed E-state index contributed by atoms with van der Waals surface area (Å²) in [5.74, 6) is -0.589. The largest absolute Gasteiger partial charge is 0.497 e. The van der Waals surface area contributed by atoms with Crippen LogP contribution in [0, 0.1) is 11.3 Å². The van der Waals surface area contributed by atoms with E-state index in [-0.39, 0.29) is 22.9 Å². The third kappa shape index (κ3) is 2.21. The van der Waals surface area contributed by atoms with Gasteiger partial charge >= 0.3 is 5.69 Å². The maximum absolute atomic E-state index is 14.5. The number of carbonyl (C=O) groups excluding carboxylic acids is 1. The van der Waals surface area contributed by atoms with E-state index in [2.05, 4.69) is 0 Å². The van der Waals surface area contributed by atoms with E-state index >= 15 is 0 Å². The molecule has 1 aromatic heterocycles. The van der Waals surface area contributed by atoms with Crippen molar-refractivity contribution in [3.8, 4) is 17.7 Å². The van der Waals surface area contributed by atoms with Gasteiger partial charge < -0.3 is 20.1 Å². The highest BCUT2D eigenvalue weighted by atomic mass is 16.5. The van der Waals surface area contributed by atoms with Crippen molar-refractivity contribution in [2.24, 2.45) is 19.8 Å². The van der Waals surface area contributed by atoms with E-state index < -0.39 is 28.1 Å². The Kier molecular flexibility index (Phi) is 4.07. The number of benzene rings is 1. The average Bonchev–Trinajstić information content (AvgIpc) is 3.04. The van der Waals surface area contributed by atoms with Gasteiger partial charge in [0.2, 0.25) is 17.7 Å². The standard InChI is InChI=1S/C24H23N5O5/c1-11-9-23(2,3)29-17-13(11)7-12(33-6)8-14(17)24(21(29)31)15(10-25)18(26)34-20-16(24)19(30)27(4)22(32)28(20)5/h7-9H,26H2,1-6H3/t24-/m1/s1. The Balaban J connectivity index is 2.08. The number of nitrogens with two attached hydrogens (primary N) is 1. The Morgan fingerprint density at radius 3 is 2.44 bits per heavy atom. The number of anilines is 1. The maximum atomic E-state index is 14.5. The lowest BCUT2D eigenvalue weighted by atomic mass is 9.69. The van der Waals surface area contributed by atoms with E-state index in [0.717, 1.165) is 20.3 Å². The molecule has 0 saturated heterocycles. The van der Waals surface area contributed by atoms with Crippen molar-refractivity contribution < 1.29 is 14.3 Å². The topological polar surface area (TPSA) is 133 Å². The zero-order chi connectivity index (χ0) is 24.9. The van der Waals surface area contributed by atoms with Gasteiger partial charge in [0.05, 0.1) is 18.3 Å². The summed E-state index contributed by atoms with van der Waals surface area (Å²) >= 11 is 0. The normalized spacial score (nSPS) is 21.6. The van der Waals surface area contributed by atoms with Crippen molar-refractivity contribution in [3.63, 3.8) is 0 Å². The molecular weight excluding hydrogens is 438 g/mol. The van der Waals surface area contributed by atoms with Crippen LogP contribution in [0.2, 0.25) is 0 Å². The van der Waals surface area contributed by atoms with Crippen LogP contribution in [0.25, 0.3) is 5.57 Å². The van der Waals surface area contributed by atoms with E-state index in [1.54, 1.807) is 11.0 Å². The lowest BCUT2D eigenvalue weighted by molar-refractivity contribution is -0.121. The quantitative estimate of drug-likeness (QED) is 0.670. The molecular formula is C24H23N5O5. The number of ether oxygens (including phenoxy) is 2. The molecule has 34 heavy (non-hydrogen) atoms. The Morgan fingerprint density at radius 1 is 1.15 bits per heavy atom. The molecule has 0 unspecified atom stereocenters. The number of aromatic nitrogens is 2. The number of fused-ring (bicyclic) bond motifs is 3. The molecule has 2 N–H and O–H groups in total. The molecule has 10 nitrogen and oxygen atoms in total. The first-order valence-electron chi connectivity index (χ1n) is 10.6. The smallest absolute Gasteiger partial charge is 0.333 e. The third-order valence-corrected chi connectivity index (χ3v) is 6.97. The molecule has 0 bridgehead atoms. The second-order valence-electron chi connectivity index (χ2n) is 9.28. The van der Waals surface area contributed by atoms with Crippen LogP contribution in [-0.4, -0.2) is 27.7 Å². The summed E-state index contributed by atoms with van der Waals surface area (Å²) < 4.78 is 13.2. The van der Waals surface area contributed by atoms with Crippen LogP contribution in [0.5, 0.6) is 11.6 Å². The molecule has 0 fully saturated rings. The van der Waals surface area contributed by atoms with E-state index in [9.17, 15) is 19.6 Å². The van der Waals surface area contributed by atoms with Crippen molar-refractivity contribution in [1.29, 1.82) is 5.26 Å². The molecule has 0 saturated carbocycles. The second-order valence-corrected chi connectivity index (χ2v) is 9.28. The van der Waals surface area contributed by atoms with Crippen molar-refractivity contribution in [1.82, 2.24) is 9.13 Å². The molecule has 0 aliphatic carbocycles. The van der Waals surface area contributed by atoms with E-state index in [1.165, 1.54) is 21.2 Å². The fourth-order valence-electron chi connectivity index (χ4n) is 5.51. The van der Waals surface area contributed by atoms with Gasteiger partial charge in [0.1, 0.15) is 23.0 Å². The van der Waals surface area contributed by atoms with Gasteiger partial charge in [-0.2, -0.15) is 5.26 Å². The van der Waals surface area contributed by atoms with Crippen LogP contribution >= 0.6 is 0 Å². The van der Waals surface area contributed by atoms with Crippen LogP contribution in [0.15, 0.2) is 39.3 Å². The van der Waals surface area contributed by atoms with Gasteiger partial charge in [0.25, 0.3) is 5.56 Å². The summed E-state index contributed by atoms with van der Waals surface area (Å²) in [6.07, 6.45) is 1.95. The Bertz CT molecular complexity index is 1570. The first-order valence-corrected chi connectivity index (χ1v) is 10.6. The minimum absolute atomic E-state index is 0.133. The minimum Gasteiger partial charge on any atom is -0.497 e. The predicted molar refractivity (Wildman–Crippen MR) is 123 cm³/mol. The number of amides is 1. The summed E-state index contributed by atoms with van der Waals surface area (Å²) in [6, 6.07) is 5.49. The molecule has 0 radical (unpaired) electrons. The Hall–Kier alpha value is -4.26. The SMILES string of the molecule is COc1cc2c3c(c1)[C@@]1(C(=O)N3C(C)(C)C=C2C)C(C#N)=C(N)Oc2c1c(=O)n(C)c(=O)n2C. The predicted octanol–water partition coefficient (Wildman–Crippen LogP) is 1.01. The average molecular weight is 461 g/mol. The molecule has 1 aromatic carbocycles. The number of nitrogens with zero attached hydrogens (tertiary/aromatic N) is 4. The molecule has 1 atom stereocenters. The van der Waals surface area contributed by atoms with E-state index in [4.69, 9.17) is 15.2 Å². The number of hydrogen-bond donors (Lipinski definition) is 1. The molecule has 2 aromatic rings. The van der Waals surface area contributed by atoms with Crippen molar-refractivity contribution >= 4 is 17.2 Å². The zero-order valence-electron chi connectivity index (χ0n) is 19.6. The van der Waals surface area contributed by atoms with Gasteiger partial charge in [0.15, 0.2) is 5.41 Å². The highest BCUT2D eigenvalue weighted by Crippen LogP contribution is 2.59. The lowest BCUT2D eigenvalue weighted by Crippen LogP contribution is -2.56. The fourth-order valence-corrected chi connectivity index (χ4v) is 5.51. The molecule has 10 heteroatoms. The Morgan fingerprint density at radius 2 is 1.82 bits per heavy atom. The second kappa shape index (κ2) is 6.41. The molecule has 1 spiro atoms. The molecule has 5 rings (SSSR count). The van der Waals surface area contributed by atoms with Crippen LogP contribution in [0.3, 0.4) is 0 Å². The minimum atomic E-state index is -1.92. The summed E-state index contributed by atoms with van der Waals surface area (Å²) in [6.45, 7) is 5.69. The highest BCUT2D eigenvalue weighted by molar-refractivity contribution is 6.17. The first-order chi connectivity index (χ1) is 15.9. The first kappa shape index (κ1) is 21.6. The van der Waals surface area contributed by atoms with Gasteiger partial charge in [-0.3, -0.25) is 18.7 Å². The summed E-state index contributed by atoms with van der Waals surface area (Å²) in [7, 11) is 4.23. The number of nitriles is 1. The van der Waals surface area contributed by atoms with Crippen LogP contribution in [0.1, 0.15) is 37.5 Å². The number of carbonyl (C=O) groups is 1. The summed E-state index contributed by atoms with van der Waals surface area (Å²) in [5, 5.41) is 10.2. The number of methoxy groups -OCH3 is 1. The fraction of sp³-hybridized carbons (Fsp3) is 0.333. The van der Waals surface area contributed by atoms with Gasteiger partial charge in [-0.05, 0) is 38.5 Å². The molecule has 1 amide bonds. The van der Waals surface area contributed by atoms with E-state index in [0.29, 0.717) is 17.0 Å². The van der Waals surface area contributed by atoms with Crippen LogP contribution in [0.4, 0.5) is 5.69 Å². The van der Waals surface area contributed by atoms with Gasteiger partial charge in [0, 0.05) is 25.2 Å². The molecule has 3 aliphatic rings. The summed E-state index contributed by atoms with van der Waals surface area (Å²) in [5.41, 5.74) is 4.36. The van der Waals surface area contributed by atoms with E-state index in [1.807, 2.05) is 39.0 Å². The van der Waals surface area contributed by atoms with Crippen molar-refractivity contribution in [3.05, 3.63) is 67.2 Å². The zero-order valence-corrected chi connectivity index (χ0v) is 19.6. The maximum Gasteiger partial charge on any atom is 0.333 e. The monoisotopic (exact) mass is 461 g/mol. The molecule has 4 heterocycles. The van der Waals surface area contributed by atoms with Gasteiger partial charge in [-0.25, -0.2) is 4.79 Å². The highest BCUT2D eigenvalue weighted by Gasteiger charge is 2.64. The number of hydrogen-bond acceptors (Lipinski definition) is 7. The lowest BCUT2D eigenvalue weighted by Gasteiger charge is -2.40.